The van der Waals surface area contributed by atoms with Gasteiger partial charge >= 0.3 is 6.03 Å². The number of benzene rings is 1. The molecule has 0 aliphatic carbocycles. The Bertz CT molecular complexity index is 586. The normalized spacial score (nSPS) is 10.4. The Morgan fingerprint density at radius 3 is 2.74 bits per heavy atom. The predicted molar refractivity (Wildman–Crippen MR) is 77.4 cm³/mol. The molecule has 0 bridgehead atoms. The molecule has 0 atom stereocenters. The number of rotatable bonds is 3. The quantitative estimate of drug-likeness (QED) is 0.914. The van der Waals surface area contributed by atoms with Gasteiger partial charge in [0.05, 0.1) is 0 Å². The Morgan fingerprint density at radius 2 is 2.00 bits per heavy atom. The largest absolute Gasteiger partial charge is 0.325 e. The topological polar surface area (TPSA) is 66.9 Å². The van der Waals surface area contributed by atoms with Crippen LogP contribution in [-0.4, -0.2) is 16.0 Å². The minimum absolute atomic E-state index is 0.260. The molecule has 6 heteroatoms. The zero-order chi connectivity index (χ0) is 13.5. The maximum Gasteiger partial charge on any atom is 0.325 e. The van der Waals surface area contributed by atoms with Crippen LogP contribution < -0.4 is 10.6 Å². The lowest BCUT2D eigenvalue weighted by Gasteiger charge is -2.01. The molecule has 1 aromatic carbocycles. The third-order valence-corrected chi connectivity index (χ3v) is 2.62. The molecule has 0 saturated heterocycles. The number of urea groups is 1. The molecular formula is C13H11BrN4O. The van der Waals surface area contributed by atoms with E-state index in [0.29, 0.717) is 0 Å². The molecule has 0 unspecified atom stereocenters. The van der Waals surface area contributed by atoms with Gasteiger partial charge in [0.2, 0.25) is 5.95 Å². The SMILES string of the molecule is O=C(N/C=C/c1cccc(Br)c1)Nc1ncccn1. The van der Waals surface area contributed by atoms with E-state index in [-0.39, 0.29) is 5.95 Å². The van der Waals surface area contributed by atoms with E-state index in [4.69, 9.17) is 0 Å². The van der Waals surface area contributed by atoms with Gasteiger partial charge < -0.3 is 5.32 Å². The Morgan fingerprint density at radius 1 is 1.21 bits per heavy atom. The third kappa shape index (κ3) is 4.51. The number of amides is 2. The minimum Gasteiger partial charge on any atom is -0.314 e. The highest BCUT2D eigenvalue weighted by Crippen LogP contribution is 2.12. The lowest BCUT2D eigenvalue weighted by Crippen LogP contribution is -2.24. The second-order valence-electron chi connectivity index (χ2n) is 3.56. The monoisotopic (exact) mass is 318 g/mol. The summed E-state index contributed by atoms with van der Waals surface area (Å²) in [6, 6.07) is 9.01. The van der Waals surface area contributed by atoms with Crippen LogP contribution in [0.5, 0.6) is 0 Å². The van der Waals surface area contributed by atoms with Gasteiger partial charge in [0, 0.05) is 23.1 Å². The first-order valence-corrected chi connectivity index (χ1v) is 6.30. The minimum atomic E-state index is -0.391. The zero-order valence-electron chi connectivity index (χ0n) is 9.88. The summed E-state index contributed by atoms with van der Waals surface area (Å²) in [4.78, 5) is 19.3. The fourth-order valence-corrected chi connectivity index (χ4v) is 1.74. The van der Waals surface area contributed by atoms with Crippen molar-refractivity contribution in [2.45, 2.75) is 0 Å². The maximum atomic E-state index is 11.5. The summed E-state index contributed by atoms with van der Waals surface area (Å²) in [5.74, 6) is 0.260. The van der Waals surface area contributed by atoms with Gasteiger partial charge in [-0.05, 0) is 29.8 Å². The molecule has 0 saturated carbocycles. The van der Waals surface area contributed by atoms with E-state index in [2.05, 4.69) is 36.5 Å². The number of nitrogens with zero attached hydrogens (tertiary/aromatic N) is 2. The Hall–Kier alpha value is -2.21. The first-order valence-electron chi connectivity index (χ1n) is 5.51. The number of carbonyl (C=O) groups is 1. The van der Waals surface area contributed by atoms with Crippen LogP contribution in [0, 0.1) is 0 Å². The molecule has 2 aromatic rings. The van der Waals surface area contributed by atoms with Gasteiger partial charge in [-0.15, -0.1) is 0 Å². The van der Waals surface area contributed by atoms with E-state index >= 15 is 0 Å². The van der Waals surface area contributed by atoms with Crippen LogP contribution in [0.3, 0.4) is 0 Å². The molecule has 2 N–H and O–H groups in total. The van der Waals surface area contributed by atoms with Crippen LogP contribution in [0.2, 0.25) is 0 Å². The highest BCUT2D eigenvalue weighted by molar-refractivity contribution is 9.10. The zero-order valence-corrected chi connectivity index (χ0v) is 11.5. The maximum absolute atomic E-state index is 11.5. The molecular weight excluding hydrogens is 308 g/mol. The summed E-state index contributed by atoms with van der Waals surface area (Å²) < 4.78 is 0.983. The summed E-state index contributed by atoms with van der Waals surface area (Å²) in [6.07, 6.45) is 6.45. The van der Waals surface area contributed by atoms with Crippen molar-refractivity contribution in [2.24, 2.45) is 0 Å². The van der Waals surface area contributed by atoms with Crippen LogP contribution in [0.25, 0.3) is 6.08 Å². The van der Waals surface area contributed by atoms with Crippen LogP contribution in [0.1, 0.15) is 5.56 Å². The van der Waals surface area contributed by atoms with Gasteiger partial charge in [-0.1, -0.05) is 28.1 Å². The van der Waals surface area contributed by atoms with Gasteiger partial charge in [0.25, 0.3) is 0 Å². The number of hydrogen-bond acceptors (Lipinski definition) is 3. The van der Waals surface area contributed by atoms with Crippen molar-refractivity contribution in [2.75, 3.05) is 5.32 Å². The summed E-state index contributed by atoms with van der Waals surface area (Å²) in [6.45, 7) is 0. The molecule has 0 spiro atoms. The third-order valence-electron chi connectivity index (χ3n) is 2.13. The molecule has 0 fully saturated rings. The summed E-state index contributed by atoms with van der Waals surface area (Å²) in [7, 11) is 0. The van der Waals surface area contributed by atoms with Crippen molar-refractivity contribution < 1.29 is 4.79 Å². The van der Waals surface area contributed by atoms with Gasteiger partial charge in [-0.3, -0.25) is 5.32 Å². The van der Waals surface area contributed by atoms with E-state index in [9.17, 15) is 4.79 Å². The molecule has 0 radical (unpaired) electrons. The Kier molecular flexibility index (Phi) is 4.63. The van der Waals surface area contributed by atoms with Gasteiger partial charge in [-0.2, -0.15) is 0 Å². The molecule has 0 aliphatic rings. The van der Waals surface area contributed by atoms with Crippen molar-refractivity contribution in [3.05, 3.63) is 59.0 Å². The van der Waals surface area contributed by atoms with Crippen LogP contribution >= 0.6 is 15.9 Å². The molecule has 5 nitrogen and oxygen atoms in total. The number of hydrogen-bond donors (Lipinski definition) is 2. The first-order chi connectivity index (χ1) is 9.24. The summed E-state index contributed by atoms with van der Waals surface area (Å²) >= 11 is 3.38. The number of aromatic nitrogens is 2. The van der Waals surface area contributed by atoms with Crippen LogP contribution in [0.15, 0.2) is 53.4 Å². The fourth-order valence-electron chi connectivity index (χ4n) is 1.33. The number of nitrogens with one attached hydrogen (secondary N) is 2. The van der Waals surface area contributed by atoms with Crippen molar-refractivity contribution >= 4 is 34.0 Å². The Balaban J connectivity index is 1.87. The van der Waals surface area contributed by atoms with E-state index < -0.39 is 6.03 Å². The van der Waals surface area contributed by atoms with E-state index in [1.54, 1.807) is 30.7 Å². The van der Waals surface area contributed by atoms with Crippen LogP contribution in [0.4, 0.5) is 10.7 Å². The number of carbonyl (C=O) groups excluding carboxylic acids is 1. The highest BCUT2D eigenvalue weighted by Gasteiger charge is 1.99. The van der Waals surface area contributed by atoms with Crippen molar-refractivity contribution in [1.29, 1.82) is 0 Å². The van der Waals surface area contributed by atoms with E-state index in [1.807, 2.05) is 24.3 Å². The lowest BCUT2D eigenvalue weighted by molar-refractivity contribution is 0.255. The lowest BCUT2D eigenvalue weighted by atomic mass is 10.2. The number of halogens is 1. The van der Waals surface area contributed by atoms with Crippen molar-refractivity contribution in [3.63, 3.8) is 0 Å². The fraction of sp³-hybridized carbons (Fsp3) is 0. The average molecular weight is 319 g/mol. The van der Waals surface area contributed by atoms with Crippen molar-refractivity contribution in [1.82, 2.24) is 15.3 Å². The van der Waals surface area contributed by atoms with E-state index in [0.717, 1.165) is 10.0 Å². The average Bonchev–Trinajstić information content (AvgIpc) is 2.40. The standard InChI is InChI=1S/C13H11BrN4O/c14-11-4-1-3-10(9-11)5-8-17-13(19)18-12-15-6-2-7-16-12/h1-9H,(H2,15,16,17,18,19)/b8-5+. The van der Waals surface area contributed by atoms with Gasteiger partial charge in [-0.25, -0.2) is 14.8 Å². The predicted octanol–water partition coefficient (Wildman–Crippen LogP) is 3.03. The van der Waals surface area contributed by atoms with Gasteiger partial charge in [0.15, 0.2) is 0 Å². The summed E-state index contributed by atoms with van der Waals surface area (Å²) in [5, 5.41) is 5.08. The highest BCUT2D eigenvalue weighted by atomic mass is 79.9. The second kappa shape index (κ2) is 6.65. The summed E-state index contributed by atoms with van der Waals surface area (Å²) in [5.41, 5.74) is 0.977. The van der Waals surface area contributed by atoms with Crippen LogP contribution in [-0.2, 0) is 0 Å². The molecule has 0 aliphatic heterocycles. The molecule has 96 valence electrons. The van der Waals surface area contributed by atoms with Crippen molar-refractivity contribution in [3.8, 4) is 0 Å². The molecule has 1 aromatic heterocycles. The molecule has 2 rings (SSSR count). The first kappa shape index (κ1) is 13.2. The number of anilines is 1. The molecule has 19 heavy (non-hydrogen) atoms. The smallest absolute Gasteiger partial charge is 0.314 e. The Labute approximate surface area is 118 Å². The second-order valence-corrected chi connectivity index (χ2v) is 4.47. The molecule has 2 amide bonds. The molecule has 1 heterocycles. The van der Waals surface area contributed by atoms with Gasteiger partial charge in [0.1, 0.15) is 0 Å². The van der Waals surface area contributed by atoms with E-state index in [1.165, 1.54) is 0 Å².